The minimum Gasteiger partial charge on any atom is -0.355 e. The third kappa shape index (κ3) is 3.06. The van der Waals surface area contributed by atoms with Crippen LogP contribution in [0.5, 0.6) is 0 Å². The molecule has 0 saturated carbocycles. The fourth-order valence-electron chi connectivity index (χ4n) is 1.52. The lowest BCUT2D eigenvalue weighted by atomic mass is 10.1. The molecule has 0 aliphatic rings. The van der Waals surface area contributed by atoms with E-state index in [1.54, 1.807) is 18.3 Å². The average Bonchev–Trinajstić information content (AvgIpc) is 2.81. The van der Waals surface area contributed by atoms with Gasteiger partial charge in [0.05, 0.1) is 10.9 Å². The molecule has 96 valence electrons. The van der Waals surface area contributed by atoms with Crippen LogP contribution < -0.4 is 10.5 Å². The largest absolute Gasteiger partial charge is 0.355 e. The van der Waals surface area contributed by atoms with Crippen molar-refractivity contribution in [3.05, 3.63) is 41.4 Å². The van der Waals surface area contributed by atoms with E-state index in [4.69, 9.17) is 5.14 Å². The third-order valence-corrected chi connectivity index (χ3v) is 4.07. The molecule has 3 N–H and O–H groups in total. The standard InChI is InChI=1S/C11H13N3O2S2/c1-8(14-11-13-5-6-17-11)9-3-2-4-10(7-9)18(12,15)16/h2-8H,1H3,(H,13,14)(H2,12,15,16). The molecular formula is C11H13N3O2S2. The molecule has 0 spiro atoms. The zero-order valence-electron chi connectivity index (χ0n) is 9.70. The maximum absolute atomic E-state index is 11.3. The molecule has 1 aromatic carbocycles. The normalized spacial score (nSPS) is 13.2. The van der Waals surface area contributed by atoms with Crippen molar-refractivity contribution < 1.29 is 8.42 Å². The first kappa shape index (κ1) is 13.0. The summed E-state index contributed by atoms with van der Waals surface area (Å²) in [6.07, 6.45) is 1.71. The fourth-order valence-corrected chi connectivity index (χ4v) is 2.71. The molecule has 0 amide bonds. The molecule has 1 heterocycles. The summed E-state index contributed by atoms with van der Waals surface area (Å²) in [5.74, 6) is 0. The van der Waals surface area contributed by atoms with Gasteiger partial charge in [0.15, 0.2) is 5.13 Å². The van der Waals surface area contributed by atoms with Gasteiger partial charge in [0.2, 0.25) is 10.0 Å². The van der Waals surface area contributed by atoms with E-state index in [2.05, 4.69) is 10.3 Å². The molecule has 1 atom stereocenters. The van der Waals surface area contributed by atoms with E-state index in [1.807, 2.05) is 18.4 Å². The van der Waals surface area contributed by atoms with Crippen LogP contribution in [0.25, 0.3) is 0 Å². The van der Waals surface area contributed by atoms with Gasteiger partial charge < -0.3 is 5.32 Å². The van der Waals surface area contributed by atoms with Crippen molar-refractivity contribution >= 4 is 26.5 Å². The van der Waals surface area contributed by atoms with E-state index in [0.29, 0.717) is 0 Å². The lowest BCUT2D eigenvalue weighted by Gasteiger charge is -2.13. The minimum atomic E-state index is -3.66. The lowest BCUT2D eigenvalue weighted by Crippen LogP contribution is -2.13. The van der Waals surface area contributed by atoms with Gasteiger partial charge in [-0.2, -0.15) is 0 Å². The quantitative estimate of drug-likeness (QED) is 0.898. The molecule has 0 saturated heterocycles. The van der Waals surface area contributed by atoms with Crippen LogP contribution in [0.4, 0.5) is 5.13 Å². The van der Waals surface area contributed by atoms with Gasteiger partial charge in [-0.3, -0.25) is 0 Å². The molecule has 0 bridgehead atoms. The number of nitrogens with one attached hydrogen (secondary N) is 1. The van der Waals surface area contributed by atoms with Crippen molar-refractivity contribution in [2.45, 2.75) is 17.9 Å². The Balaban J connectivity index is 2.23. The summed E-state index contributed by atoms with van der Waals surface area (Å²) in [5.41, 5.74) is 0.844. The molecular weight excluding hydrogens is 270 g/mol. The topological polar surface area (TPSA) is 85.1 Å². The van der Waals surface area contributed by atoms with E-state index in [9.17, 15) is 8.42 Å². The van der Waals surface area contributed by atoms with Gasteiger partial charge in [-0.1, -0.05) is 12.1 Å². The monoisotopic (exact) mass is 283 g/mol. The predicted molar refractivity (Wildman–Crippen MR) is 72.0 cm³/mol. The summed E-state index contributed by atoms with van der Waals surface area (Å²) in [5, 5.41) is 11.0. The second-order valence-electron chi connectivity index (χ2n) is 3.82. The maximum atomic E-state index is 11.3. The highest BCUT2D eigenvalue weighted by Gasteiger charge is 2.12. The Morgan fingerprint density at radius 1 is 1.44 bits per heavy atom. The molecule has 2 aromatic rings. The van der Waals surface area contributed by atoms with Crippen LogP contribution in [0.2, 0.25) is 0 Å². The highest BCUT2D eigenvalue weighted by atomic mass is 32.2. The third-order valence-electron chi connectivity index (χ3n) is 2.46. The van der Waals surface area contributed by atoms with Crippen LogP contribution in [-0.2, 0) is 10.0 Å². The summed E-state index contributed by atoms with van der Waals surface area (Å²) in [7, 11) is -3.66. The second kappa shape index (κ2) is 5.05. The van der Waals surface area contributed by atoms with Gasteiger partial charge in [0.1, 0.15) is 0 Å². The highest BCUT2D eigenvalue weighted by Crippen LogP contribution is 2.22. The van der Waals surface area contributed by atoms with Crippen molar-refractivity contribution in [3.8, 4) is 0 Å². The molecule has 0 radical (unpaired) electrons. The summed E-state index contributed by atoms with van der Waals surface area (Å²) in [4.78, 5) is 4.24. The molecule has 1 aromatic heterocycles. The van der Waals surface area contributed by atoms with Crippen LogP contribution in [0.3, 0.4) is 0 Å². The van der Waals surface area contributed by atoms with Crippen molar-refractivity contribution in [1.29, 1.82) is 0 Å². The molecule has 2 rings (SSSR count). The summed E-state index contributed by atoms with van der Waals surface area (Å²) in [6, 6.07) is 6.53. The number of aromatic nitrogens is 1. The second-order valence-corrected chi connectivity index (χ2v) is 6.28. The summed E-state index contributed by atoms with van der Waals surface area (Å²) in [6.45, 7) is 1.93. The van der Waals surface area contributed by atoms with E-state index in [0.717, 1.165) is 10.7 Å². The van der Waals surface area contributed by atoms with E-state index >= 15 is 0 Å². The van der Waals surface area contributed by atoms with Gasteiger partial charge >= 0.3 is 0 Å². The van der Waals surface area contributed by atoms with Crippen molar-refractivity contribution in [3.63, 3.8) is 0 Å². The average molecular weight is 283 g/mol. The summed E-state index contributed by atoms with van der Waals surface area (Å²) >= 11 is 1.49. The van der Waals surface area contributed by atoms with E-state index in [1.165, 1.54) is 17.4 Å². The zero-order chi connectivity index (χ0) is 13.2. The van der Waals surface area contributed by atoms with E-state index in [-0.39, 0.29) is 10.9 Å². The first-order valence-corrected chi connectivity index (χ1v) is 7.68. The smallest absolute Gasteiger partial charge is 0.238 e. The molecule has 7 heteroatoms. The Hall–Kier alpha value is -1.44. The van der Waals surface area contributed by atoms with Crippen molar-refractivity contribution in [2.24, 2.45) is 5.14 Å². The van der Waals surface area contributed by atoms with Gasteiger partial charge in [0, 0.05) is 11.6 Å². The SMILES string of the molecule is CC(Nc1nccs1)c1cccc(S(N)(=O)=O)c1. The predicted octanol–water partition coefficient (Wildman–Crippen LogP) is 1.96. The van der Waals surface area contributed by atoms with Crippen LogP contribution in [-0.4, -0.2) is 13.4 Å². The minimum absolute atomic E-state index is 0.0437. The van der Waals surface area contributed by atoms with Gasteiger partial charge in [-0.25, -0.2) is 18.5 Å². The fraction of sp³-hybridized carbons (Fsp3) is 0.182. The number of anilines is 1. The molecule has 1 unspecified atom stereocenters. The Morgan fingerprint density at radius 2 is 2.22 bits per heavy atom. The number of thiazole rings is 1. The first-order chi connectivity index (χ1) is 8.47. The zero-order valence-corrected chi connectivity index (χ0v) is 11.3. The number of benzene rings is 1. The molecule has 5 nitrogen and oxygen atoms in total. The van der Waals surface area contributed by atoms with Gasteiger partial charge in [0.25, 0.3) is 0 Å². The highest BCUT2D eigenvalue weighted by molar-refractivity contribution is 7.89. The van der Waals surface area contributed by atoms with Crippen LogP contribution in [0.1, 0.15) is 18.5 Å². The van der Waals surface area contributed by atoms with E-state index < -0.39 is 10.0 Å². The Labute approximate surface area is 110 Å². The molecule has 0 fully saturated rings. The number of sulfonamides is 1. The molecule has 0 aliphatic carbocycles. The first-order valence-electron chi connectivity index (χ1n) is 5.25. The number of rotatable bonds is 4. The van der Waals surface area contributed by atoms with Gasteiger partial charge in [-0.05, 0) is 24.6 Å². The van der Waals surface area contributed by atoms with Crippen LogP contribution in [0.15, 0.2) is 40.7 Å². The number of nitrogens with zero attached hydrogens (tertiary/aromatic N) is 1. The number of nitrogens with two attached hydrogens (primary N) is 1. The lowest BCUT2D eigenvalue weighted by molar-refractivity contribution is 0.597. The van der Waals surface area contributed by atoms with Crippen molar-refractivity contribution in [2.75, 3.05) is 5.32 Å². The van der Waals surface area contributed by atoms with Crippen LogP contribution >= 0.6 is 11.3 Å². The van der Waals surface area contributed by atoms with Crippen LogP contribution in [0, 0.1) is 0 Å². The molecule has 0 aliphatic heterocycles. The Bertz CT molecular complexity index is 623. The Morgan fingerprint density at radius 3 is 2.83 bits per heavy atom. The Kier molecular flexibility index (Phi) is 3.65. The summed E-state index contributed by atoms with van der Waals surface area (Å²) < 4.78 is 22.5. The number of primary sulfonamides is 1. The maximum Gasteiger partial charge on any atom is 0.238 e. The van der Waals surface area contributed by atoms with Crippen molar-refractivity contribution in [1.82, 2.24) is 4.98 Å². The molecule has 18 heavy (non-hydrogen) atoms. The number of hydrogen-bond acceptors (Lipinski definition) is 5. The van der Waals surface area contributed by atoms with Gasteiger partial charge in [-0.15, -0.1) is 11.3 Å². The number of hydrogen-bond donors (Lipinski definition) is 2.